The van der Waals surface area contributed by atoms with Gasteiger partial charge in [0.15, 0.2) is 0 Å². The lowest BCUT2D eigenvalue weighted by molar-refractivity contribution is 0.168. The molecule has 0 saturated carbocycles. The highest BCUT2D eigenvalue weighted by molar-refractivity contribution is 9.10. The number of hydrogen-bond donors (Lipinski definition) is 1. The topological polar surface area (TPSA) is 20.2 Å². The van der Waals surface area contributed by atoms with Crippen LogP contribution in [0, 0.1) is 6.92 Å². The van der Waals surface area contributed by atoms with Gasteiger partial charge in [0.2, 0.25) is 0 Å². The Morgan fingerprint density at radius 1 is 1.31 bits per heavy atom. The monoisotopic (exact) mass is 242 g/mol. The van der Waals surface area contributed by atoms with Gasteiger partial charge in [-0.05, 0) is 25.0 Å². The fourth-order valence-corrected chi connectivity index (χ4v) is 1.91. The number of hydrogen-bond acceptors (Lipinski definition) is 1. The molecule has 13 heavy (non-hydrogen) atoms. The Kier molecular flexibility index (Phi) is 3.51. The molecular weight excluding hydrogens is 228 g/mol. The Bertz CT molecular complexity index is 294. The van der Waals surface area contributed by atoms with Gasteiger partial charge in [0.25, 0.3) is 0 Å². The van der Waals surface area contributed by atoms with Crippen molar-refractivity contribution >= 4 is 15.9 Å². The largest absolute Gasteiger partial charge is 0.393 e. The van der Waals surface area contributed by atoms with Crippen LogP contribution >= 0.6 is 15.9 Å². The zero-order chi connectivity index (χ0) is 10.0. The van der Waals surface area contributed by atoms with E-state index in [2.05, 4.69) is 35.0 Å². The summed E-state index contributed by atoms with van der Waals surface area (Å²) in [5.74, 6) is 0.175. The molecule has 0 aliphatic rings. The van der Waals surface area contributed by atoms with Crippen molar-refractivity contribution in [1.29, 1.82) is 0 Å². The Labute approximate surface area is 87.9 Å². The standard InChI is InChI=1S/C11H15BrO/c1-7-5-4-6-10(11(7)12)8(2)9(3)13/h4-6,8-9,13H,1-3H3. The van der Waals surface area contributed by atoms with Crippen molar-refractivity contribution in [1.82, 2.24) is 0 Å². The molecule has 1 aromatic rings. The maximum absolute atomic E-state index is 9.47. The van der Waals surface area contributed by atoms with Crippen molar-refractivity contribution in [3.8, 4) is 0 Å². The average molecular weight is 243 g/mol. The summed E-state index contributed by atoms with van der Waals surface area (Å²) in [5, 5.41) is 9.47. The Hall–Kier alpha value is -0.340. The summed E-state index contributed by atoms with van der Waals surface area (Å²) in [4.78, 5) is 0. The SMILES string of the molecule is Cc1cccc(C(C)C(C)O)c1Br. The second-order valence-electron chi connectivity index (χ2n) is 3.51. The number of rotatable bonds is 2. The zero-order valence-electron chi connectivity index (χ0n) is 8.21. The minimum absolute atomic E-state index is 0.175. The van der Waals surface area contributed by atoms with Crippen LogP contribution < -0.4 is 0 Å². The highest BCUT2D eigenvalue weighted by Crippen LogP contribution is 2.29. The molecule has 0 bridgehead atoms. The molecule has 0 saturated heterocycles. The third-order valence-electron chi connectivity index (χ3n) is 2.44. The molecule has 0 fully saturated rings. The van der Waals surface area contributed by atoms with Crippen molar-refractivity contribution in [3.05, 3.63) is 33.8 Å². The smallest absolute Gasteiger partial charge is 0.0578 e. The van der Waals surface area contributed by atoms with E-state index >= 15 is 0 Å². The van der Waals surface area contributed by atoms with Gasteiger partial charge < -0.3 is 5.11 Å². The summed E-state index contributed by atoms with van der Waals surface area (Å²) in [6.07, 6.45) is -0.307. The van der Waals surface area contributed by atoms with Crippen molar-refractivity contribution in [3.63, 3.8) is 0 Å². The molecule has 2 atom stereocenters. The average Bonchev–Trinajstić information content (AvgIpc) is 2.08. The molecule has 2 unspecified atom stereocenters. The van der Waals surface area contributed by atoms with Gasteiger partial charge in [0.05, 0.1) is 6.10 Å². The van der Waals surface area contributed by atoms with Gasteiger partial charge in [-0.15, -0.1) is 0 Å². The lowest BCUT2D eigenvalue weighted by atomic mass is 9.95. The molecule has 1 aromatic carbocycles. The highest BCUT2D eigenvalue weighted by Gasteiger charge is 2.14. The van der Waals surface area contributed by atoms with Gasteiger partial charge in [-0.1, -0.05) is 41.1 Å². The Balaban J connectivity index is 3.07. The summed E-state index contributed by atoms with van der Waals surface area (Å²) in [6.45, 7) is 5.91. The van der Waals surface area contributed by atoms with E-state index in [1.807, 2.05) is 19.9 Å². The molecule has 1 rings (SSSR count). The van der Waals surface area contributed by atoms with E-state index in [1.54, 1.807) is 0 Å². The van der Waals surface area contributed by atoms with Gasteiger partial charge in [0.1, 0.15) is 0 Å². The van der Waals surface area contributed by atoms with Crippen LogP contribution in [0.4, 0.5) is 0 Å². The first-order chi connectivity index (χ1) is 6.04. The molecule has 0 spiro atoms. The zero-order valence-corrected chi connectivity index (χ0v) is 9.80. The summed E-state index contributed by atoms with van der Waals surface area (Å²) in [7, 11) is 0. The number of aryl methyl sites for hydroxylation is 1. The van der Waals surface area contributed by atoms with Gasteiger partial charge in [-0.2, -0.15) is 0 Å². The van der Waals surface area contributed by atoms with Crippen LogP contribution in [-0.4, -0.2) is 11.2 Å². The normalized spacial score (nSPS) is 15.5. The van der Waals surface area contributed by atoms with E-state index in [0.717, 1.165) is 4.47 Å². The van der Waals surface area contributed by atoms with Crippen LogP contribution in [0.5, 0.6) is 0 Å². The fourth-order valence-electron chi connectivity index (χ4n) is 1.28. The molecule has 1 nitrogen and oxygen atoms in total. The van der Waals surface area contributed by atoms with E-state index < -0.39 is 0 Å². The minimum atomic E-state index is -0.307. The molecule has 0 radical (unpaired) electrons. The van der Waals surface area contributed by atoms with Crippen molar-refractivity contribution < 1.29 is 5.11 Å². The molecule has 0 aliphatic heterocycles. The maximum atomic E-state index is 9.47. The van der Waals surface area contributed by atoms with E-state index in [-0.39, 0.29) is 12.0 Å². The van der Waals surface area contributed by atoms with Gasteiger partial charge in [0, 0.05) is 10.4 Å². The third-order valence-corrected chi connectivity index (χ3v) is 3.52. The van der Waals surface area contributed by atoms with Gasteiger partial charge in [-0.3, -0.25) is 0 Å². The second-order valence-corrected chi connectivity index (χ2v) is 4.30. The molecule has 0 heterocycles. The van der Waals surface area contributed by atoms with E-state index in [9.17, 15) is 5.11 Å². The first-order valence-electron chi connectivity index (χ1n) is 4.47. The van der Waals surface area contributed by atoms with Gasteiger partial charge in [-0.25, -0.2) is 0 Å². The van der Waals surface area contributed by atoms with Crippen molar-refractivity contribution in [2.24, 2.45) is 0 Å². The summed E-state index contributed by atoms with van der Waals surface area (Å²) in [6, 6.07) is 6.13. The summed E-state index contributed by atoms with van der Waals surface area (Å²) < 4.78 is 1.11. The maximum Gasteiger partial charge on any atom is 0.0578 e. The van der Waals surface area contributed by atoms with Crippen LogP contribution in [0.3, 0.4) is 0 Å². The molecular formula is C11H15BrO. The molecule has 72 valence electrons. The van der Waals surface area contributed by atoms with E-state index in [4.69, 9.17) is 0 Å². The first-order valence-corrected chi connectivity index (χ1v) is 5.26. The summed E-state index contributed by atoms with van der Waals surface area (Å²) >= 11 is 3.54. The first kappa shape index (κ1) is 10.7. The molecule has 1 N–H and O–H groups in total. The predicted octanol–water partition coefficient (Wildman–Crippen LogP) is 3.24. The lowest BCUT2D eigenvalue weighted by Crippen LogP contribution is -2.11. The molecule has 0 amide bonds. The predicted molar refractivity (Wildman–Crippen MR) is 59.0 cm³/mol. The molecule has 0 aromatic heterocycles. The van der Waals surface area contributed by atoms with Crippen molar-refractivity contribution in [2.75, 3.05) is 0 Å². The Morgan fingerprint density at radius 2 is 1.92 bits per heavy atom. The lowest BCUT2D eigenvalue weighted by Gasteiger charge is -2.17. The van der Waals surface area contributed by atoms with Crippen LogP contribution in [0.15, 0.2) is 22.7 Å². The quantitative estimate of drug-likeness (QED) is 0.845. The number of aliphatic hydroxyl groups is 1. The van der Waals surface area contributed by atoms with Crippen LogP contribution in [0.1, 0.15) is 30.9 Å². The van der Waals surface area contributed by atoms with Crippen LogP contribution in [-0.2, 0) is 0 Å². The van der Waals surface area contributed by atoms with Crippen LogP contribution in [0.2, 0.25) is 0 Å². The number of aliphatic hydroxyl groups excluding tert-OH is 1. The third kappa shape index (κ3) is 2.32. The van der Waals surface area contributed by atoms with Crippen LogP contribution in [0.25, 0.3) is 0 Å². The van der Waals surface area contributed by atoms with E-state index in [1.165, 1.54) is 11.1 Å². The van der Waals surface area contributed by atoms with E-state index in [0.29, 0.717) is 0 Å². The minimum Gasteiger partial charge on any atom is -0.393 e. The summed E-state index contributed by atoms with van der Waals surface area (Å²) in [5.41, 5.74) is 2.39. The second kappa shape index (κ2) is 4.25. The number of halogens is 1. The number of benzene rings is 1. The van der Waals surface area contributed by atoms with Gasteiger partial charge >= 0.3 is 0 Å². The van der Waals surface area contributed by atoms with Crippen molar-refractivity contribution in [2.45, 2.75) is 32.8 Å². The highest BCUT2D eigenvalue weighted by atomic mass is 79.9. The fraction of sp³-hybridized carbons (Fsp3) is 0.455. The molecule has 2 heteroatoms. The Morgan fingerprint density at radius 3 is 2.46 bits per heavy atom. The molecule has 0 aliphatic carbocycles.